The number of carbonyl (C=O) groups is 2. The van der Waals surface area contributed by atoms with Crippen molar-refractivity contribution < 1.29 is 33.3 Å². The van der Waals surface area contributed by atoms with Gasteiger partial charge in [0.25, 0.3) is 0 Å². The van der Waals surface area contributed by atoms with Gasteiger partial charge in [-0.3, -0.25) is 4.79 Å². The molecule has 4 rings (SSSR count). The normalized spacial score (nSPS) is 16.8. The predicted molar refractivity (Wildman–Crippen MR) is 107 cm³/mol. The van der Waals surface area contributed by atoms with Gasteiger partial charge in [0.05, 0.1) is 33.0 Å². The lowest BCUT2D eigenvalue weighted by atomic mass is 10.1. The van der Waals surface area contributed by atoms with Crippen molar-refractivity contribution in [2.45, 2.75) is 0 Å². The lowest BCUT2D eigenvalue weighted by molar-refractivity contribution is 0.0416. The van der Waals surface area contributed by atoms with Crippen LogP contribution in [0.3, 0.4) is 0 Å². The Kier molecular flexibility index (Phi) is 5.58. The Labute approximate surface area is 173 Å². The Morgan fingerprint density at radius 3 is 2.53 bits per heavy atom. The van der Waals surface area contributed by atoms with Crippen LogP contribution in [0.15, 0.2) is 42.2 Å². The fourth-order valence-electron chi connectivity index (χ4n) is 3.24. The molecule has 2 heterocycles. The smallest absolute Gasteiger partial charge is 0.415 e. The summed E-state index contributed by atoms with van der Waals surface area (Å²) in [5.41, 5.74) is 1.13. The highest BCUT2D eigenvalue weighted by Gasteiger charge is 2.28. The largest absolute Gasteiger partial charge is 0.493 e. The van der Waals surface area contributed by atoms with Crippen molar-refractivity contribution in [1.29, 1.82) is 0 Å². The summed E-state index contributed by atoms with van der Waals surface area (Å²) >= 11 is 0. The minimum absolute atomic E-state index is 0.175. The zero-order valence-corrected chi connectivity index (χ0v) is 16.7. The molecule has 0 aromatic heterocycles. The van der Waals surface area contributed by atoms with Crippen molar-refractivity contribution in [2.75, 3.05) is 40.5 Å². The molecule has 0 unspecified atom stereocenters. The Morgan fingerprint density at radius 1 is 1.03 bits per heavy atom. The van der Waals surface area contributed by atoms with Gasteiger partial charge >= 0.3 is 6.09 Å². The average Bonchev–Trinajstić information content (AvgIpc) is 3.08. The number of fused-ring (bicyclic) bond motifs is 1. The number of allylic oxidation sites excluding steroid dienone is 1. The summed E-state index contributed by atoms with van der Waals surface area (Å²) in [6.45, 7) is 1.94. The molecule has 0 N–H and O–H groups in total. The number of morpholine rings is 1. The number of rotatable bonds is 4. The molecule has 0 bridgehead atoms. The van der Waals surface area contributed by atoms with E-state index in [0.29, 0.717) is 54.9 Å². The van der Waals surface area contributed by atoms with E-state index in [0.717, 1.165) is 5.56 Å². The van der Waals surface area contributed by atoms with E-state index >= 15 is 0 Å². The number of ketones is 1. The van der Waals surface area contributed by atoms with Crippen LogP contribution < -0.4 is 18.9 Å². The molecule has 0 spiro atoms. The van der Waals surface area contributed by atoms with Gasteiger partial charge < -0.3 is 28.6 Å². The topological polar surface area (TPSA) is 83.5 Å². The summed E-state index contributed by atoms with van der Waals surface area (Å²) < 4.78 is 26.9. The summed E-state index contributed by atoms with van der Waals surface area (Å²) in [7, 11) is 3.10. The van der Waals surface area contributed by atoms with Crippen molar-refractivity contribution in [1.82, 2.24) is 4.90 Å². The van der Waals surface area contributed by atoms with Gasteiger partial charge in [0, 0.05) is 19.2 Å². The van der Waals surface area contributed by atoms with E-state index in [1.807, 2.05) is 0 Å². The van der Waals surface area contributed by atoms with Crippen LogP contribution in [0.1, 0.15) is 15.9 Å². The summed E-state index contributed by atoms with van der Waals surface area (Å²) in [6, 6.07) is 10.0. The third-order valence-corrected chi connectivity index (χ3v) is 4.82. The second-order valence-corrected chi connectivity index (χ2v) is 6.68. The SMILES string of the molecule is COc1ccc(C=C2Oc3cc(OC(=O)N4CCOCC4)ccc3C2=O)cc1OC. The summed E-state index contributed by atoms with van der Waals surface area (Å²) in [5, 5.41) is 0. The molecule has 156 valence electrons. The number of hydrogen-bond acceptors (Lipinski definition) is 7. The van der Waals surface area contributed by atoms with Crippen molar-refractivity contribution in [3.8, 4) is 23.0 Å². The molecule has 8 nitrogen and oxygen atoms in total. The van der Waals surface area contributed by atoms with E-state index in [9.17, 15) is 9.59 Å². The molecule has 30 heavy (non-hydrogen) atoms. The summed E-state index contributed by atoms with van der Waals surface area (Å²) in [5.74, 6) is 1.73. The van der Waals surface area contributed by atoms with Gasteiger partial charge in [-0.15, -0.1) is 0 Å². The quantitative estimate of drug-likeness (QED) is 0.715. The Bertz CT molecular complexity index is 1010. The molecule has 2 aliphatic rings. The van der Waals surface area contributed by atoms with Crippen LogP contribution in [-0.2, 0) is 4.74 Å². The fourth-order valence-corrected chi connectivity index (χ4v) is 3.24. The first-order valence-electron chi connectivity index (χ1n) is 9.44. The number of methoxy groups -OCH3 is 2. The Balaban J connectivity index is 1.51. The zero-order valence-electron chi connectivity index (χ0n) is 16.7. The van der Waals surface area contributed by atoms with Crippen molar-refractivity contribution in [2.24, 2.45) is 0 Å². The zero-order chi connectivity index (χ0) is 21.1. The highest BCUT2D eigenvalue weighted by Crippen LogP contribution is 2.36. The van der Waals surface area contributed by atoms with Gasteiger partial charge in [-0.1, -0.05) is 6.07 Å². The first-order valence-corrected chi connectivity index (χ1v) is 9.44. The van der Waals surface area contributed by atoms with Gasteiger partial charge in [-0.25, -0.2) is 4.79 Å². The highest BCUT2D eigenvalue weighted by molar-refractivity contribution is 6.14. The minimum atomic E-state index is -0.455. The number of Topliss-reactive ketones (excluding diaryl/α,β-unsaturated/α-hetero) is 1. The number of benzene rings is 2. The molecule has 0 radical (unpaired) electrons. The monoisotopic (exact) mass is 411 g/mol. The number of amides is 1. The van der Waals surface area contributed by atoms with Gasteiger partial charge in [0.2, 0.25) is 5.78 Å². The molecule has 2 aliphatic heterocycles. The van der Waals surface area contributed by atoms with Crippen LogP contribution in [0.2, 0.25) is 0 Å². The van der Waals surface area contributed by atoms with Gasteiger partial charge in [-0.05, 0) is 35.9 Å². The molecule has 1 saturated heterocycles. The standard InChI is InChI=1S/C22H21NO7/c1-26-17-6-3-14(11-19(17)27-2)12-20-21(24)16-5-4-15(13-18(16)30-20)29-22(25)23-7-9-28-10-8-23/h3-6,11-13H,7-10H2,1-2H3. The van der Waals surface area contributed by atoms with Crippen LogP contribution in [0.4, 0.5) is 4.79 Å². The molecule has 0 saturated carbocycles. The maximum atomic E-state index is 12.7. The van der Waals surface area contributed by atoms with E-state index in [-0.39, 0.29) is 11.5 Å². The van der Waals surface area contributed by atoms with Crippen LogP contribution in [0.5, 0.6) is 23.0 Å². The molecule has 1 amide bonds. The molecule has 0 aliphatic carbocycles. The average molecular weight is 411 g/mol. The van der Waals surface area contributed by atoms with Crippen LogP contribution in [0, 0.1) is 0 Å². The molecule has 8 heteroatoms. The van der Waals surface area contributed by atoms with E-state index in [1.165, 1.54) is 0 Å². The van der Waals surface area contributed by atoms with E-state index in [2.05, 4.69) is 0 Å². The number of carbonyl (C=O) groups excluding carboxylic acids is 2. The van der Waals surface area contributed by atoms with Gasteiger partial charge in [0.15, 0.2) is 17.3 Å². The van der Waals surface area contributed by atoms with E-state index in [4.69, 9.17) is 23.7 Å². The summed E-state index contributed by atoms with van der Waals surface area (Å²) in [4.78, 5) is 26.5. The Hall–Kier alpha value is -3.52. The number of hydrogen-bond donors (Lipinski definition) is 0. The first kappa shape index (κ1) is 19.8. The molecular formula is C22H21NO7. The molecule has 2 aromatic rings. The van der Waals surface area contributed by atoms with Gasteiger partial charge in [-0.2, -0.15) is 0 Å². The molecule has 2 aromatic carbocycles. The second-order valence-electron chi connectivity index (χ2n) is 6.68. The lowest BCUT2D eigenvalue weighted by Crippen LogP contribution is -2.42. The van der Waals surface area contributed by atoms with Crippen LogP contribution >= 0.6 is 0 Å². The van der Waals surface area contributed by atoms with Gasteiger partial charge in [0.1, 0.15) is 11.5 Å². The third kappa shape index (κ3) is 3.95. The van der Waals surface area contributed by atoms with Crippen LogP contribution in [-0.4, -0.2) is 57.3 Å². The van der Waals surface area contributed by atoms with E-state index in [1.54, 1.807) is 61.6 Å². The highest BCUT2D eigenvalue weighted by atomic mass is 16.6. The van der Waals surface area contributed by atoms with Crippen molar-refractivity contribution >= 4 is 18.0 Å². The first-order chi connectivity index (χ1) is 14.6. The molecule has 1 fully saturated rings. The van der Waals surface area contributed by atoms with Crippen molar-refractivity contribution in [3.63, 3.8) is 0 Å². The molecular weight excluding hydrogens is 390 g/mol. The van der Waals surface area contributed by atoms with Crippen molar-refractivity contribution in [3.05, 3.63) is 53.3 Å². The van der Waals surface area contributed by atoms with E-state index < -0.39 is 6.09 Å². The fraction of sp³-hybridized carbons (Fsp3) is 0.273. The maximum absolute atomic E-state index is 12.7. The number of nitrogens with zero attached hydrogens (tertiary/aromatic N) is 1. The van der Waals surface area contributed by atoms with Crippen LogP contribution in [0.25, 0.3) is 6.08 Å². The predicted octanol–water partition coefficient (Wildman–Crippen LogP) is 3.15. The third-order valence-electron chi connectivity index (χ3n) is 4.82. The lowest BCUT2D eigenvalue weighted by Gasteiger charge is -2.25. The number of ether oxygens (including phenoxy) is 5. The molecule has 0 atom stereocenters. The second kappa shape index (κ2) is 8.46. The Morgan fingerprint density at radius 2 is 1.80 bits per heavy atom. The maximum Gasteiger partial charge on any atom is 0.415 e. The minimum Gasteiger partial charge on any atom is -0.493 e. The summed E-state index contributed by atoms with van der Waals surface area (Å²) in [6.07, 6.45) is 1.17.